The van der Waals surface area contributed by atoms with Gasteiger partial charge in [-0.3, -0.25) is 14.8 Å². The first-order valence-corrected chi connectivity index (χ1v) is 21.7. The molecule has 3 heterocycles. The van der Waals surface area contributed by atoms with Crippen LogP contribution in [0.15, 0.2) is 70.6 Å². The summed E-state index contributed by atoms with van der Waals surface area (Å²) < 4.78 is 56.2. The van der Waals surface area contributed by atoms with Gasteiger partial charge in [0.25, 0.3) is 0 Å². The molecule has 51 heavy (non-hydrogen) atoms. The van der Waals surface area contributed by atoms with Gasteiger partial charge in [-0.2, -0.15) is 0 Å². The number of amides is 2. The van der Waals surface area contributed by atoms with Gasteiger partial charge in [-0.05, 0) is 75.1 Å². The molecule has 15 heteroatoms. The van der Waals surface area contributed by atoms with E-state index in [0.29, 0.717) is 54.6 Å². The van der Waals surface area contributed by atoms with Crippen molar-refractivity contribution in [1.82, 2.24) is 14.7 Å². The second kappa shape index (κ2) is 14.2. The highest BCUT2D eigenvalue weighted by atomic mass is 35.5. The lowest BCUT2D eigenvalue weighted by Gasteiger charge is -2.48. The molecule has 0 aliphatic carbocycles. The molecule has 0 saturated carbocycles. The van der Waals surface area contributed by atoms with E-state index in [1.165, 1.54) is 12.1 Å². The maximum Gasteiger partial charge on any atom is 0.326 e. The van der Waals surface area contributed by atoms with Crippen LogP contribution in [0, 0.1) is 0 Å². The molecule has 3 aliphatic rings. The molecular weight excluding hydrogens is 755 g/mol. The Morgan fingerprint density at radius 1 is 0.902 bits per heavy atom. The SMILES string of the molecule is CCOc1cc(Cl)c(S(C)(=O)=O)cc1C1=N[C@@](C)(c2ccc(Cl)cc2)[C@@](C)(c2ccc(Cl)cc2)N1C(=O)N1CCN(C2CCS(=O)(=O)CC2)CC1. The summed E-state index contributed by atoms with van der Waals surface area (Å²) in [6.07, 6.45) is 2.23. The van der Waals surface area contributed by atoms with E-state index in [4.69, 9.17) is 44.5 Å². The Morgan fingerprint density at radius 2 is 1.45 bits per heavy atom. The van der Waals surface area contributed by atoms with Gasteiger partial charge in [0.2, 0.25) is 0 Å². The molecule has 0 bridgehead atoms. The van der Waals surface area contributed by atoms with Crippen LogP contribution in [0.1, 0.15) is 50.3 Å². The van der Waals surface area contributed by atoms with Gasteiger partial charge in [0, 0.05) is 54.6 Å². The van der Waals surface area contributed by atoms with Crippen molar-refractivity contribution < 1.29 is 26.4 Å². The maximum atomic E-state index is 15.2. The Labute approximate surface area is 315 Å². The van der Waals surface area contributed by atoms with E-state index in [2.05, 4.69) is 4.90 Å². The smallest absolute Gasteiger partial charge is 0.326 e. The van der Waals surface area contributed by atoms with Crippen molar-refractivity contribution in [2.24, 2.45) is 4.99 Å². The highest BCUT2D eigenvalue weighted by molar-refractivity contribution is 7.91. The summed E-state index contributed by atoms with van der Waals surface area (Å²) in [6, 6.07) is 17.3. The number of benzene rings is 3. The molecule has 0 N–H and O–H groups in total. The Kier molecular flexibility index (Phi) is 10.5. The predicted octanol–water partition coefficient (Wildman–Crippen LogP) is 6.66. The normalized spacial score (nSPS) is 24.4. The van der Waals surface area contributed by atoms with Crippen LogP contribution in [0.3, 0.4) is 0 Å². The van der Waals surface area contributed by atoms with Crippen molar-refractivity contribution in [3.63, 3.8) is 0 Å². The number of halogens is 3. The van der Waals surface area contributed by atoms with Gasteiger partial charge in [-0.15, -0.1) is 0 Å². The third kappa shape index (κ3) is 7.12. The van der Waals surface area contributed by atoms with Crippen molar-refractivity contribution >= 4 is 66.3 Å². The Balaban J connectivity index is 1.52. The summed E-state index contributed by atoms with van der Waals surface area (Å²) in [7, 11) is -6.81. The number of piperazine rings is 1. The van der Waals surface area contributed by atoms with E-state index in [9.17, 15) is 16.8 Å². The number of hydrogen-bond acceptors (Lipinski definition) is 8. The summed E-state index contributed by atoms with van der Waals surface area (Å²) in [5, 5.41) is 1.05. The van der Waals surface area contributed by atoms with Crippen LogP contribution in [0.25, 0.3) is 0 Å². The summed E-state index contributed by atoms with van der Waals surface area (Å²) in [5.74, 6) is 0.847. The molecule has 2 atom stereocenters. The lowest BCUT2D eigenvalue weighted by molar-refractivity contribution is 0.0720. The van der Waals surface area contributed by atoms with Crippen molar-refractivity contribution in [2.45, 2.75) is 55.6 Å². The minimum absolute atomic E-state index is 0.00580. The first-order chi connectivity index (χ1) is 24.0. The van der Waals surface area contributed by atoms with E-state index >= 15 is 4.79 Å². The number of rotatable bonds is 7. The predicted molar refractivity (Wildman–Crippen MR) is 202 cm³/mol. The number of hydrogen-bond donors (Lipinski definition) is 0. The number of ether oxygens (including phenoxy) is 1. The van der Waals surface area contributed by atoms with Crippen LogP contribution < -0.4 is 4.74 Å². The average Bonchev–Trinajstić information content (AvgIpc) is 3.32. The Bertz CT molecular complexity index is 2060. The molecule has 0 aromatic heterocycles. The Morgan fingerprint density at radius 3 is 1.98 bits per heavy atom. The molecule has 10 nitrogen and oxygen atoms in total. The zero-order chi connectivity index (χ0) is 36.9. The molecule has 274 valence electrons. The fourth-order valence-electron chi connectivity index (χ4n) is 7.50. The number of carbonyl (C=O) groups is 1. The lowest BCUT2D eigenvalue weighted by atomic mass is 9.71. The van der Waals surface area contributed by atoms with Crippen LogP contribution in [0.4, 0.5) is 4.79 Å². The van der Waals surface area contributed by atoms with Gasteiger partial charge in [-0.1, -0.05) is 59.1 Å². The monoisotopic (exact) mass is 794 g/mol. The van der Waals surface area contributed by atoms with Gasteiger partial charge in [-0.25, -0.2) is 21.6 Å². The minimum Gasteiger partial charge on any atom is -0.493 e. The summed E-state index contributed by atoms with van der Waals surface area (Å²) in [5.41, 5.74) is -0.519. The van der Waals surface area contributed by atoms with E-state index < -0.39 is 30.8 Å². The van der Waals surface area contributed by atoms with Crippen LogP contribution in [0.5, 0.6) is 5.75 Å². The van der Waals surface area contributed by atoms with Crippen LogP contribution in [-0.2, 0) is 30.8 Å². The van der Waals surface area contributed by atoms with Crippen molar-refractivity contribution in [2.75, 3.05) is 50.5 Å². The van der Waals surface area contributed by atoms with Crippen molar-refractivity contribution in [1.29, 1.82) is 0 Å². The van der Waals surface area contributed by atoms with E-state index in [-0.39, 0.29) is 51.7 Å². The summed E-state index contributed by atoms with van der Waals surface area (Å²) in [4.78, 5) is 26.2. The largest absolute Gasteiger partial charge is 0.493 e. The number of amidine groups is 1. The van der Waals surface area contributed by atoms with Gasteiger partial charge in [0.1, 0.15) is 32.5 Å². The van der Waals surface area contributed by atoms with Crippen molar-refractivity contribution in [3.8, 4) is 5.75 Å². The molecule has 2 amide bonds. The summed E-state index contributed by atoms with van der Waals surface area (Å²) in [6.45, 7) is 7.89. The average molecular weight is 796 g/mol. The lowest BCUT2D eigenvalue weighted by Crippen LogP contribution is -2.61. The molecule has 2 saturated heterocycles. The van der Waals surface area contributed by atoms with Gasteiger partial charge in [0.15, 0.2) is 9.84 Å². The molecule has 3 aliphatic heterocycles. The first kappa shape index (κ1) is 37.9. The third-order valence-corrected chi connectivity index (χ3v) is 14.3. The van der Waals surface area contributed by atoms with Crippen molar-refractivity contribution in [3.05, 3.63) is 92.4 Å². The maximum absolute atomic E-state index is 15.2. The highest BCUT2D eigenvalue weighted by Crippen LogP contribution is 2.54. The second-order valence-corrected chi connectivity index (χ2v) is 19.2. The molecule has 0 radical (unpaired) electrons. The molecule has 0 unspecified atom stereocenters. The number of sulfone groups is 2. The second-order valence-electron chi connectivity index (χ2n) is 13.6. The van der Waals surface area contributed by atoms with E-state index in [1.807, 2.05) is 38.1 Å². The number of carbonyl (C=O) groups excluding carboxylic acids is 1. The zero-order valence-corrected chi connectivity index (χ0v) is 32.8. The quantitative estimate of drug-likeness (QED) is 0.263. The standard InChI is InChI=1S/C36H41Cl3N4O6S2/c1-5-49-31-23-30(39)32(50(4,45)46)22-29(31)33-40-35(2,24-6-10-26(37)11-7-24)36(3,25-8-12-27(38)13-9-25)43(33)34(44)42-18-16-41(17-19-42)28-14-20-51(47,48)21-15-28/h6-13,22-23,28H,5,14-21H2,1-4H3/t35-,36+/m0/s1. The molecule has 3 aromatic rings. The number of aliphatic imine (C=N–C) groups is 1. The molecule has 0 spiro atoms. The van der Waals surface area contributed by atoms with Gasteiger partial charge >= 0.3 is 6.03 Å². The zero-order valence-electron chi connectivity index (χ0n) is 28.9. The minimum atomic E-state index is -3.80. The number of urea groups is 1. The Hall–Kier alpha value is -2.87. The third-order valence-electron chi connectivity index (χ3n) is 10.5. The molecule has 6 rings (SSSR count). The number of nitrogens with zero attached hydrogens (tertiary/aromatic N) is 4. The molecule has 2 fully saturated rings. The van der Waals surface area contributed by atoms with E-state index in [1.54, 1.807) is 41.0 Å². The molecular formula is C36H41Cl3N4O6S2. The first-order valence-electron chi connectivity index (χ1n) is 16.8. The van der Waals surface area contributed by atoms with Crippen LogP contribution in [-0.4, -0.2) is 100.0 Å². The van der Waals surface area contributed by atoms with E-state index in [0.717, 1.165) is 17.4 Å². The van der Waals surface area contributed by atoms with Gasteiger partial charge < -0.3 is 9.64 Å². The van der Waals surface area contributed by atoms with Crippen LogP contribution in [0.2, 0.25) is 15.1 Å². The molecule has 3 aromatic carbocycles. The topological polar surface area (TPSA) is 117 Å². The van der Waals surface area contributed by atoms with Crippen LogP contribution >= 0.6 is 34.8 Å². The van der Waals surface area contributed by atoms with Gasteiger partial charge in [0.05, 0.1) is 33.6 Å². The summed E-state index contributed by atoms with van der Waals surface area (Å²) >= 11 is 19.3. The fourth-order valence-corrected chi connectivity index (χ4v) is 10.5. The fraction of sp³-hybridized carbons (Fsp3) is 0.444. The highest BCUT2D eigenvalue weighted by Gasteiger charge is 2.60.